The molecule has 1 heterocycles. The molecule has 3 rings (SSSR count). The number of hydrogen-bond donors (Lipinski definition) is 1. The van der Waals surface area contributed by atoms with E-state index in [1.165, 1.54) is 29.2 Å². The van der Waals surface area contributed by atoms with E-state index in [-0.39, 0.29) is 35.6 Å². The first-order valence-electron chi connectivity index (χ1n) is 9.69. The maximum Gasteiger partial charge on any atom is 0.416 e. The highest BCUT2D eigenvalue weighted by Crippen LogP contribution is 2.37. The van der Waals surface area contributed by atoms with E-state index in [2.05, 4.69) is 5.32 Å². The minimum Gasteiger partial charge on any atom is -0.354 e. The Balaban J connectivity index is 1.94. The number of nitrogens with one attached hydrogen (secondary N) is 1. The van der Waals surface area contributed by atoms with E-state index >= 15 is 0 Å². The SMILES string of the molecule is CC(C)NC(=O)[C@H]1CN(C(=O)c2ccc(Cl)cc2Cl)C[C@H]1c1cccc(C(F)(F)F)c1. The van der Waals surface area contributed by atoms with Gasteiger partial charge < -0.3 is 10.2 Å². The van der Waals surface area contributed by atoms with E-state index in [4.69, 9.17) is 23.2 Å². The molecule has 0 spiro atoms. The molecule has 1 aliphatic rings. The van der Waals surface area contributed by atoms with Crippen molar-refractivity contribution in [3.8, 4) is 0 Å². The summed E-state index contributed by atoms with van der Waals surface area (Å²) in [5.74, 6) is -2.00. The highest BCUT2D eigenvalue weighted by molar-refractivity contribution is 6.36. The third kappa shape index (κ3) is 5.33. The van der Waals surface area contributed by atoms with Gasteiger partial charge in [0.05, 0.1) is 22.1 Å². The number of likely N-dealkylation sites (tertiary alicyclic amines) is 1. The van der Waals surface area contributed by atoms with E-state index in [1.54, 1.807) is 19.9 Å². The zero-order chi connectivity index (χ0) is 22.9. The van der Waals surface area contributed by atoms with E-state index < -0.39 is 29.5 Å². The molecule has 1 fully saturated rings. The van der Waals surface area contributed by atoms with Crippen molar-refractivity contribution in [2.75, 3.05) is 13.1 Å². The minimum atomic E-state index is -4.50. The Morgan fingerprint density at radius 2 is 1.81 bits per heavy atom. The van der Waals surface area contributed by atoms with Crippen molar-refractivity contribution in [2.45, 2.75) is 32.0 Å². The molecule has 9 heteroatoms. The lowest BCUT2D eigenvalue weighted by atomic mass is 9.87. The van der Waals surface area contributed by atoms with Gasteiger partial charge in [-0.1, -0.05) is 41.4 Å². The predicted molar refractivity (Wildman–Crippen MR) is 113 cm³/mol. The molecule has 0 saturated carbocycles. The maximum atomic E-state index is 13.2. The Bertz CT molecular complexity index is 995. The van der Waals surface area contributed by atoms with Crippen molar-refractivity contribution in [2.24, 2.45) is 5.92 Å². The number of amides is 2. The lowest BCUT2D eigenvalue weighted by Gasteiger charge is -2.20. The normalized spacial score (nSPS) is 19.0. The van der Waals surface area contributed by atoms with Crippen LogP contribution in [0.4, 0.5) is 13.2 Å². The van der Waals surface area contributed by atoms with Gasteiger partial charge in [-0.2, -0.15) is 13.2 Å². The van der Waals surface area contributed by atoms with Gasteiger partial charge in [-0.05, 0) is 43.7 Å². The van der Waals surface area contributed by atoms with Gasteiger partial charge in [0.15, 0.2) is 0 Å². The molecule has 1 aliphatic heterocycles. The first-order chi connectivity index (χ1) is 14.5. The number of benzene rings is 2. The van der Waals surface area contributed by atoms with Crippen LogP contribution in [0.25, 0.3) is 0 Å². The summed E-state index contributed by atoms with van der Waals surface area (Å²) in [6.45, 7) is 3.75. The van der Waals surface area contributed by atoms with E-state index in [0.29, 0.717) is 10.6 Å². The molecule has 0 unspecified atom stereocenters. The minimum absolute atomic E-state index is 0.0667. The summed E-state index contributed by atoms with van der Waals surface area (Å²) in [6.07, 6.45) is -4.50. The number of halogens is 5. The van der Waals surface area contributed by atoms with Crippen LogP contribution in [0.3, 0.4) is 0 Å². The molecular weight excluding hydrogens is 452 g/mol. The summed E-state index contributed by atoms with van der Waals surface area (Å²) < 4.78 is 39.6. The van der Waals surface area contributed by atoms with E-state index in [1.807, 2.05) is 0 Å². The third-order valence-electron chi connectivity index (χ3n) is 5.18. The monoisotopic (exact) mass is 472 g/mol. The van der Waals surface area contributed by atoms with Gasteiger partial charge in [0, 0.05) is 30.1 Å². The Morgan fingerprint density at radius 1 is 1.10 bits per heavy atom. The highest BCUT2D eigenvalue weighted by atomic mass is 35.5. The first-order valence-corrected chi connectivity index (χ1v) is 10.4. The molecule has 4 nitrogen and oxygen atoms in total. The molecule has 0 radical (unpaired) electrons. The van der Waals surface area contributed by atoms with Crippen LogP contribution < -0.4 is 5.32 Å². The maximum absolute atomic E-state index is 13.2. The molecule has 31 heavy (non-hydrogen) atoms. The van der Waals surface area contributed by atoms with Gasteiger partial charge in [-0.3, -0.25) is 9.59 Å². The molecule has 2 atom stereocenters. The summed E-state index contributed by atoms with van der Waals surface area (Å²) in [4.78, 5) is 27.3. The van der Waals surface area contributed by atoms with Gasteiger partial charge in [-0.25, -0.2) is 0 Å². The summed E-state index contributed by atoms with van der Waals surface area (Å²) >= 11 is 12.1. The lowest BCUT2D eigenvalue weighted by Crippen LogP contribution is -2.39. The number of rotatable bonds is 4. The molecule has 2 aromatic rings. The van der Waals surface area contributed by atoms with Gasteiger partial charge in [0.2, 0.25) is 5.91 Å². The standard InChI is InChI=1S/C22H21Cl2F3N2O2/c1-12(2)28-20(30)18-11-29(21(31)16-7-6-15(23)9-19(16)24)10-17(18)13-4-3-5-14(8-13)22(25,26)27/h3-9,12,17-18H,10-11H2,1-2H3,(H,28,30)/t17-,18-/m0/s1. The smallest absolute Gasteiger partial charge is 0.354 e. The topological polar surface area (TPSA) is 49.4 Å². The van der Waals surface area contributed by atoms with Crippen LogP contribution >= 0.6 is 23.2 Å². The van der Waals surface area contributed by atoms with Crippen LogP contribution in [-0.4, -0.2) is 35.8 Å². The first kappa shape index (κ1) is 23.4. The van der Waals surface area contributed by atoms with Gasteiger partial charge in [0.25, 0.3) is 5.91 Å². The molecule has 1 saturated heterocycles. The summed E-state index contributed by atoms with van der Waals surface area (Å²) in [6, 6.07) is 9.22. The van der Waals surface area contributed by atoms with Crippen molar-refractivity contribution in [3.63, 3.8) is 0 Å². The van der Waals surface area contributed by atoms with Crippen molar-refractivity contribution in [1.29, 1.82) is 0 Å². The number of carbonyl (C=O) groups excluding carboxylic acids is 2. The highest BCUT2D eigenvalue weighted by Gasteiger charge is 2.42. The zero-order valence-corrected chi connectivity index (χ0v) is 18.4. The Hall–Kier alpha value is -2.25. The number of hydrogen-bond acceptors (Lipinski definition) is 2. The van der Waals surface area contributed by atoms with Gasteiger partial charge in [0.1, 0.15) is 0 Å². The third-order valence-corrected chi connectivity index (χ3v) is 5.73. The second-order valence-corrected chi connectivity index (χ2v) is 8.68. The average Bonchev–Trinajstić information content (AvgIpc) is 3.12. The van der Waals surface area contributed by atoms with E-state index in [0.717, 1.165) is 12.1 Å². The molecule has 0 bridgehead atoms. The van der Waals surface area contributed by atoms with Crippen molar-refractivity contribution < 1.29 is 22.8 Å². The van der Waals surface area contributed by atoms with E-state index in [9.17, 15) is 22.8 Å². The quantitative estimate of drug-likeness (QED) is 0.647. The average molecular weight is 473 g/mol. The van der Waals surface area contributed by atoms with Crippen LogP contribution in [-0.2, 0) is 11.0 Å². The second kappa shape index (κ2) is 9.09. The second-order valence-electron chi connectivity index (χ2n) is 7.83. The van der Waals surface area contributed by atoms with Crippen LogP contribution in [0, 0.1) is 5.92 Å². The van der Waals surface area contributed by atoms with Gasteiger partial charge >= 0.3 is 6.18 Å². The molecule has 0 aliphatic carbocycles. The van der Waals surface area contributed by atoms with Crippen LogP contribution in [0.5, 0.6) is 0 Å². The molecule has 166 valence electrons. The fraction of sp³-hybridized carbons (Fsp3) is 0.364. The largest absolute Gasteiger partial charge is 0.416 e. The summed E-state index contributed by atoms with van der Waals surface area (Å²) in [5, 5.41) is 3.35. The Kier molecular flexibility index (Phi) is 6.86. The lowest BCUT2D eigenvalue weighted by molar-refractivity contribution is -0.137. The zero-order valence-electron chi connectivity index (χ0n) is 16.8. The molecule has 1 N–H and O–H groups in total. The molecular formula is C22H21Cl2F3N2O2. The molecule has 2 aromatic carbocycles. The van der Waals surface area contributed by atoms with Crippen molar-refractivity contribution >= 4 is 35.0 Å². The molecule has 2 amide bonds. The van der Waals surface area contributed by atoms with Crippen molar-refractivity contribution in [3.05, 3.63) is 69.2 Å². The Morgan fingerprint density at radius 3 is 2.42 bits per heavy atom. The van der Waals surface area contributed by atoms with Crippen LogP contribution in [0.1, 0.15) is 41.3 Å². The predicted octanol–water partition coefficient (Wildman–Crippen LogP) is 5.39. The van der Waals surface area contributed by atoms with Crippen LogP contribution in [0.15, 0.2) is 42.5 Å². The van der Waals surface area contributed by atoms with Crippen molar-refractivity contribution in [1.82, 2.24) is 10.2 Å². The van der Waals surface area contributed by atoms with Crippen LogP contribution in [0.2, 0.25) is 10.0 Å². The Labute approximate surface area is 188 Å². The fourth-order valence-electron chi connectivity index (χ4n) is 3.74. The fourth-order valence-corrected chi connectivity index (χ4v) is 4.23. The summed E-state index contributed by atoms with van der Waals surface area (Å²) in [7, 11) is 0. The number of alkyl halides is 3. The number of carbonyl (C=O) groups is 2. The molecule has 0 aromatic heterocycles. The summed E-state index contributed by atoms with van der Waals surface area (Å²) in [5.41, 5.74) is -0.214. The number of nitrogens with zero attached hydrogens (tertiary/aromatic N) is 1. The van der Waals surface area contributed by atoms with Gasteiger partial charge in [-0.15, -0.1) is 0 Å².